The number of nitriles is 2. The second-order valence-electron chi connectivity index (χ2n) is 6.94. The van der Waals surface area contributed by atoms with Crippen LogP contribution >= 0.6 is 27.3 Å². The number of thiazole rings is 1. The van der Waals surface area contributed by atoms with Crippen LogP contribution in [0.4, 0.5) is 0 Å². The third kappa shape index (κ3) is 3.96. The first-order chi connectivity index (χ1) is 15.0. The minimum Gasteiger partial charge on any atom is -0.293 e. The number of aromatic amines is 1. The summed E-state index contributed by atoms with van der Waals surface area (Å²) >= 11 is 4.75. The van der Waals surface area contributed by atoms with Crippen molar-refractivity contribution in [3.8, 4) is 28.5 Å². The van der Waals surface area contributed by atoms with E-state index in [1.165, 1.54) is 16.0 Å². The average Bonchev–Trinajstić information content (AvgIpc) is 3.38. The van der Waals surface area contributed by atoms with E-state index < -0.39 is 11.8 Å². The van der Waals surface area contributed by atoms with Gasteiger partial charge in [-0.25, -0.2) is 4.98 Å². The molecule has 0 bridgehead atoms. The maximum absolute atomic E-state index is 13.4. The minimum atomic E-state index is -1.01. The van der Waals surface area contributed by atoms with E-state index in [1.807, 2.05) is 72.1 Å². The number of halogens is 1. The lowest BCUT2D eigenvalue weighted by atomic mass is 9.82. The van der Waals surface area contributed by atoms with Gasteiger partial charge in [0.1, 0.15) is 5.92 Å². The van der Waals surface area contributed by atoms with Crippen LogP contribution < -0.4 is 5.56 Å². The van der Waals surface area contributed by atoms with Gasteiger partial charge < -0.3 is 0 Å². The number of hydrogen-bond acceptors (Lipinski definition) is 5. The van der Waals surface area contributed by atoms with Gasteiger partial charge in [-0.2, -0.15) is 15.2 Å². The second kappa shape index (κ2) is 8.73. The van der Waals surface area contributed by atoms with Gasteiger partial charge in [0, 0.05) is 32.6 Å². The fourth-order valence-electron chi connectivity index (χ4n) is 3.54. The Morgan fingerprint density at radius 2 is 1.77 bits per heavy atom. The zero-order chi connectivity index (χ0) is 22.0. The standard InChI is InChI=1S/C23H16BrN5OS/c1-14-20(21(17(11-25)12-26)16-7-9-18(24)10-8-16)22(30)29(28-14)23-27-19(13-31-23)15-5-3-2-4-6-15/h2-10,13,17,21,28H,1H3/t21-/m1/s1. The topological polar surface area (TPSA) is 98.3 Å². The summed E-state index contributed by atoms with van der Waals surface area (Å²) in [5.41, 5.74) is 3.15. The van der Waals surface area contributed by atoms with Crippen LogP contribution in [0.15, 0.2) is 69.2 Å². The second-order valence-corrected chi connectivity index (χ2v) is 8.69. The molecule has 2 aromatic carbocycles. The fourth-order valence-corrected chi connectivity index (χ4v) is 4.60. The number of aromatic nitrogens is 3. The van der Waals surface area contributed by atoms with Crippen LogP contribution in [0, 0.1) is 35.5 Å². The van der Waals surface area contributed by atoms with Gasteiger partial charge in [0.05, 0.1) is 17.8 Å². The molecular weight excluding hydrogens is 474 g/mol. The van der Waals surface area contributed by atoms with Crippen molar-refractivity contribution < 1.29 is 0 Å². The quantitative estimate of drug-likeness (QED) is 0.418. The first kappa shape index (κ1) is 20.8. The summed E-state index contributed by atoms with van der Waals surface area (Å²) in [7, 11) is 0. The molecule has 0 saturated carbocycles. The molecule has 1 atom stereocenters. The van der Waals surface area contributed by atoms with E-state index in [4.69, 9.17) is 0 Å². The smallest absolute Gasteiger partial charge is 0.277 e. The van der Waals surface area contributed by atoms with Crippen LogP contribution in [-0.2, 0) is 0 Å². The molecule has 6 nitrogen and oxygen atoms in total. The van der Waals surface area contributed by atoms with Crippen LogP contribution in [0.3, 0.4) is 0 Å². The highest BCUT2D eigenvalue weighted by atomic mass is 79.9. The number of benzene rings is 2. The number of nitrogens with zero attached hydrogens (tertiary/aromatic N) is 4. The van der Waals surface area contributed by atoms with E-state index >= 15 is 0 Å². The largest absolute Gasteiger partial charge is 0.293 e. The molecule has 0 radical (unpaired) electrons. The molecule has 152 valence electrons. The summed E-state index contributed by atoms with van der Waals surface area (Å²) in [5.74, 6) is -1.69. The van der Waals surface area contributed by atoms with Crippen LogP contribution in [0.1, 0.15) is 22.7 Å². The summed E-state index contributed by atoms with van der Waals surface area (Å²) in [6, 6.07) is 21.1. The lowest BCUT2D eigenvalue weighted by molar-refractivity contribution is 0.699. The lowest BCUT2D eigenvalue weighted by Gasteiger charge is -2.17. The maximum atomic E-state index is 13.4. The van der Waals surface area contributed by atoms with Crippen molar-refractivity contribution >= 4 is 27.3 Å². The number of rotatable bonds is 5. The molecule has 2 aromatic heterocycles. The third-order valence-corrected chi connectivity index (χ3v) is 6.38. The van der Waals surface area contributed by atoms with E-state index in [-0.39, 0.29) is 5.56 Å². The molecule has 31 heavy (non-hydrogen) atoms. The number of hydrogen-bond donors (Lipinski definition) is 1. The van der Waals surface area contributed by atoms with Gasteiger partial charge in [-0.3, -0.25) is 9.89 Å². The van der Waals surface area contributed by atoms with E-state index in [9.17, 15) is 15.3 Å². The first-order valence-electron chi connectivity index (χ1n) is 9.41. The highest BCUT2D eigenvalue weighted by molar-refractivity contribution is 9.10. The van der Waals surface area contributed by atoms with E-state index in [2.05, 4.69) is 26.0 Å². The van der Waals surface area contributed by atoms with Gasteiger partial charge in [0.2, 0.25) is 5.13 Å². The fraction of sp³-hybridized carbons (Fsp3) is 0.130. The van der Waals surface area contributed by atoms with E-state index in [0.717, 1.165) is 21.3 Å². The van der Waals surface area contributed by atoms with Gasteiger partial charge in [0.15, 0.2) is 0 Å². The molecule has 0 spiro atoms. The zero-order valence-electron chi connectivity index (χ0n) is 16.4. The van der Waals surface area contributed by atoms with Crippen molar-refractivity contribution in [3.05, 3.63) is 91.6 Å². The van der Waals surface area contributed by atoms with Gasteiger partial charge in [-0.05, 0) is 24.6 Å². The molecule has 1 N–H and O–H groups in total. The number of H-pyrrole nitrogens is 1. The summed E-state index contributed by atoms with van der Waals surface area (Å²) in [6.07, 6.45) is 0. The normalized spacial score (nSPS) is 11.8. The van der Waals surface area contributed by atoms with Crippen LogP contribution in [-0.4, -0.2) is 14.8 Å². The summed E-state index contributed by atoms with van der Waals surface area (Å²) in [6.45, 7) is 1.77. The van der Waals surface area contributed by atoms with Crippen molar-refractivity contribution in [3.63, 3.8) is 0 Å². The van der Waals surface area contributed by atoms with Crippen LogP contribution in [0.2, 0.25) is 0 Å². The number of aryl methyl sites for hydroxylation is 1. The molecule has 2 heterocycles. The zero-order valence-corrected chi connectivity index (χ0v) is 18.8. The Hall–Kier alpha value is -3.46. The predicted molar refractivity (Wildman–Crippen MR) is 123 cm³/mol. The Morgan fingerprint density at radius 3 is 2.42 bits per heavy atom. The van der Waals surface area contributed by atoms with E-state index in [1.54, 1.807) is 6.92 Å². The van der Waals surface area contributed by atoms with Crippen LogP contribution in [0.25, 0.3) is 16.4 Å². The third-order valence-electron chi connectivity index (χ3n) is 5.02. The molecule has 4 rings (SSSR count). The average molecular weight is 490 g/mol. The summed E-state index contributed by atoms with van der Waals surface area (Å²) in [5, 5.41) is 24.7. The highest BCUT2D eigenvalue weighted by Gasteiger charge is 2.31. The highest BCUT2D eigenvalue weighted by Crippen LogP contribution is 2.33. The maximum Gasteiger partial charge on any atom is 0.277 e. The molecule has 8 heteroatoms. The first-order valence-corrected chi connectivity index (χ1v) is 11.1. The molecule has 0 fully saturated rings. The lowest BCUT2D eigenvalue weighted by Crippen LogP contribution is -2.23. The predicted octanol–water partition coefficient (Wildman–Crippen LogP) is 5.16. The SMILES string of the molecule is Cc1[nH]n(-c2nc(-c3ccccc3)cs2)c(=O)c1[C@H](c1ccc(Br)cc1)C(C#N)C#N. The van der Waals surface area contributed by atoms with Gasteiger partial charge in [-0.1, -0.05) is 58.4 Å². The van der Waals surface area contributed by atoms with Crippen molar-refractivity contribution in [2.24, 2.45) is 5.92 Å². The van der Waals surface area contributed by atoms with Crippen molar-refractivity contribution in [1.82, 2.24) is 14.8 Å². The van der Waals surface area contributed by atoms with Gasteiger partial charge >= 0.3 is 0 Å². The Balaban J connectivity index is 1.82. The summed E-state index contributed by atoms with van der Waals surface area (Å²) in [4.78, 5) is 18.0. The van der Waals surface area contributed by atoms with Gasteiger partial charge in [0.25, 0.3) is 5.56 Å². The Labute approximate surface area is 191 Å². The Kier molecular flexibility index (Phi) is 5.85. The summed E-state index contributed by atoms with van der Waals surface area (Å²) < 4.78 is 2.26. The van der Waals surface area contributed by atoms with Crippen molar-refractivity contribution in [2.45, 2.75) is 12.8 Å². The molecule has 0 unspecified atom stereocenters. The molecule has 0 aliphatic heterocycles. The molecule has 4 aromatic rings. The Bertz CT molecular complexity index is 1340. The molecule has 0 aliphatic rings. The minimum absolute atomic E-state index is 0.310. The molecule has 0 saturated heterocycles. The Morgan fingerprint density at radius 1 is 1.10 bits per heavy atom. The van der Waals surface area contributed by atoms with Gasteiger partial charge in [-0.15, -0.1) is 11.3 Å². The molecule has 0 amide bonds. The monoisotopic (exact) mass is 489 g/mol. The number of nitrogens with one attached hydrogen (secondary N) is 1. The molecule has 0 aliphatic carbocycles. The van der Waals surface area contributed by atoms with Crippen molar-refractivity contribution in [2.75, 3.05) is 0 Å². The van der Waals surface area contributed by atoms with Crippen molar-refractivity contribution in [1.29, 1.82) is 10.5 Å². The van der Waals surface area contributed by atoms with Crippen LogP contribution in [0.5, 0.6) is 0 Å². The van der Waals surface area contributed by atoms with E-state index in [0.29, 0.717) is 16.4 Å². The molecular formula is C23H16BrN5OS.